The van der Waals surface area contributed by atoms with E-state index in [1.165, 1.54) is 0 Å². The highest BCUT2D eigenvalue weighted by atomic mass is 16.3. The largest absolute Gasteiger partial charge is 0.387 e. The number of carbonyl (C=O) groups is 1. The van der Waals surface area contributed by atoms with Crippen LogP contribution in [0.5, 0.6) is 0 Å². The van der Waals surface area contributed by atoms with Crippen LogP contribution in [-0.2, 0) is 11.3 Å². The fourth-order valence-electron chi connectivity index (χ4n) is 2.05. The second-order valence-electron chi connectivity index (χ2n) is 5.60. The number of likely N-dealkylation sites (N-methyl/N-ethyl adjacent to an activating group) is 1. The van der Waals surface area contributed by atoms with Crippen molar-refractivity contribution in [3.63, 3.8) is 0 Å². The standard InChI is InChI=1S/C13H24N4O2/c1-10-6-11(2)17(15-10)7-12(18)14-8-13(3,19)9-16(4)5/h6,19H,7-9H2,1-5H3,(H,14,18). The molecule has 6 heteroatoms. The summed E-state index contributed by atoms with van der Waals surface area (Å²) in [5, 5.41) is 17.0. The summed E-state index contributed by atoms with van der Waals surface area (Å²) < 4.78 is 1.66. The number of hydrogen-bond donors (Lipinski definition) is 2. The van der Waals surface area contributed by atoms with Crippen molar-refractivity contribution in [1.82, 2.24) is 20.0 Å². The first-order chi connectivity index (χ1) is 8.69. The number of rotatable bonds is 6. The van der Waals surface area contributed by atoms with E-state index in [0.717, 1.165) is 11.4 Å². The van der Waals surface area contributed by atoms with Gasteiger partial charge in [0.1, 0.15) is 6.54 Å². The average molecular weight is 268 g/mol. The van der Waals surface area contributed by atoms with E-state index in [1.54, 1.807) is 11.6 Å². The second kappa shape index (κ2) is 6.16. The SMILES string of the molecule is Cc1cc(C)n(CC(=O)NCC(C)(O)CN(C)C)n1. The third-order valence-corrected chi connectivity index (χ3v) is 2.72. The summed E-state index contributed by atoms with van der Waals surface area (Å²) in [7, 11) is 3.76. The third kappa shape index (κ3) is 5.40. The fraction of sp³-hybridized carbons (Fsp3) is 0.692. The van der Waals surface area contributed by atoms with Gasteiger partial charge in [-0.15, -0.1) is 0 Å². The maximum absolute atomic E-state index is 11.8. The Kier molecular flexibility index (Phi) is 5.08. The lowest BCUT2D eigenvalue weighted by atomic mass is 10.1. The Morgan fingerprint density at radius 2 is 2.16 bits per heavy atom. The Morgan fingerprint density at radius 3 is 2.63 bits per heavy atom. The van der Waals surface area contributed by atoms with E-state index < -0.39 is 5.60 Å². The van der Waals surface area contributed by atoms with Gasteiger partial charge in [-0.05, 0) is 40.9 Å². The van der Waals surface area contributed by atoms with Crippen LogP contribution in [-0.4, -0.2) is 58.5 Å². The molecule has 1 aromatic heterocycles. The molecule has 108 valence electrons. The van der Waals surface area contributed by atoms with Gasteiger partial charge in [-0.3, -0.25) is 9.48 Å². The van der Waals surface area contributed by atoms with Crippen LogP contribution >= 0.6 is 0 Å². The summed E-state index contributed by atoms with van der Waals surface area (Å²) in [5.74, 6) is -0.148. The molecule has 0 fully saturated rings. The van der Waals surface area contributed by atoms with Crippen LogP contribution in [0.25, 0.3) is 0 Å². The van der Waals surface area contributed by atoms with Crippen LogP contribution in [0.3, 0.4) is 0 Å². The molecule has 0 saturated heterocycles. The first-order valence-electron chi connectivity index (χ1n) is 6.34. The Labute approximate surface area is 114 Å². The van der Waals surface area contributed by atoms with Gasteiger partial charge in [0.15, 0.2) is 0 Å². The highest BCUT2D eigenvalue weighted by Gasteiger charge is 2.22. The first kappa shape index (κ1) is 15.7. The van der Waals surface area contributed by atoms with Gasteiger partial charge in [0.05, 0.1) is 11.3 Å². The first-order valence-corrected chi connectivity index (χ1v) is 6.34. The maximum atomic E-state index is 11.8. The minimum Gasteiger partial charge on any atom is -0.387 e. The number of carbonyl (C=O) groups excluding carboxylic acids is 1. The van der Waals surface area contributed by atoms with Gasteiger partial charge in [0, 0.05) is 18.8 Å². The molecule has 6 nitrogen and oxygen atoms in total. The molecule has 2 N–H and O–H groups in total. The molecule has 0 aliphatic carbocycles. The van der Waals surface area contributed by atoms with Gasteiger partial charge in [-0.1, -0.05) is 0 Å². The van der Waals surface area contributed by atoms with E-state index in [-0.39, 0.29) is 19.0 Å². The number of amides is 1. The molecule has 1 atom stereocenters. The predicted molar refractivity (Wildman–Crippen MR) is 73.9 cm³/mol. The summed E-state index contributed by atoms with van der Waals surface area (Å²) >= 11 is 0. The van der Waals surface area contributed by atoms with Gasteiger partial charge < -0.3 is 15.3 Å². The molecule has 0 aliphatic rings. The van der Waals surface area contributed by atoms with Crippen molar-refractivity contribution in [2.75, 3.05) is 27.2 Å². The summed E-state index contributed by atoms with van der Waals surface area (Å²) in [6.07, 6.45) is 0. The van der Waals surface area contributed by atoms with Gasteiger partial charge in [0.2, 0.25) is 5.91 Å². The Balaban J connectivity index is 2.46. The smallest absolute Gasteiger partial charge is 0.241 e. The van der Waals surface area contributed by atoms with Gasteiger partial charge in [-0.2, -0.15) is 5.10 Å². The van der Waals surface area contributed by atoms with Crippen LogP contribution in [0, 0.1) is 13.8 Å². The summed E-state index contributed by atoms with van der Waals surface area (Å²) in [4.78, 5) is 13.7. The third-order valence-electron chi connectivity index (χ3n) is 2.72. The molecule has 0 radical (unpaired) electrons. The van der Waals surface area contributed by atoms with Crippen LogP contribution < -0.4 is 5.32 Å². The van der Waals surface area contributed by atoms with Gasteiger partial charge in [-0.25, -0.2) is 0 Å². The van der Waals surface area contributed by atoms with Crippen molar-refractivity contribution in [3.8, 4) is 0 Å². The second-order valence-corrected chi connectivity index (χ2v) is 5.60. The Bertz CT molecular complexity index is 438. The Hall–Kier alpha value is -1.40. The van der Waals surface area contributed by atoms with Crippen LogP contribution in [0.15, 0.2) is 6.07 Å². The van der Waals surface area contributed by atoms with Crippen LogP contribution in [0.4, 0.5) is 0 Å². The molecule has 0 spiro atoms. The van der Waals surface area contributed by atoms with Crippen molar-refractivity contribution < 1.29 is 9.90 Å². The molecular weight excluding hydrogens is 244 g/mol. The van der Waals surface area contributed by atoms with Crippen molar-refractivity contribution in [2.24, 2.45) is 0 Å². The molecule has 1 rings (SSSR count). The zero-order valence-electron chi connectivity index (χ0n) is 12.4. The molecule has 1 aromatic rings. The number of aryl methyl sites for hydroxylation is 2. The van der Waals surface area contributed by atoms with E-state index in [2.05, 4.69) is 10.4 Å². The van der Waals surface area contributed by atoms with Crippen LogP contribution in [0.2, 0.25) is 0 Å². The molecule has 1 heterocycles. The Morgan fingerprint density at radius 1 is 1.53 bits per heavy atom. The normalized spacial score (nSPS) is 14.5. The lowest BCUT2D eigenvalue weighted by molar-refractivity contribution is -0.123. The topological polar surface area (TPSA) is 70.4 Å². The molecular formula is C13H24N4O2. The molecule has 1 amide bonds. The van der Waals surface area contributed by atoms with E-state index in [9.17, 15) is 9.90 Å². The van der Waals surface area contributed by atoms with Crippen molar-refractivity contribution in [3.05, 3.63) is 17.5 Å². The monoisotopic (exact) mass is 268 g/mol. The van der Waals surface area contributed by atoms with Crippen molar-refractivity contribution >= 4 is 5.91 Å². The van der Waals surface area contributed by atoms with E-state index in [0.29, 0.717) is 6.54 Å². The lowest BCUT2D eigenvalue weighted by Crippen LogP contribution is -2.47. The zero-order chi connectivity index (χ0) is 14.6. The fourth-order valence-corrected chi connectivity index (χ4v) is 2.05. The maximum Gasteiger partial charge on any atom is 0.241 e. The molecule has 0 saturated carbocycles. The van der Waals surface area contributed by atoms with E-state index in [4.69, 9.17) is 0 Å². The summed E-state index contributed by atoms with van der Waals surface area (Å²) in [5.41, 5.74) is 0.909. The predicted octanol–water partition coefficient (Wildman–Crippen LogP) is -0.0713. The molecule has 0 aliphatic heterocycles. The van der Waals surface area contributed by atoms with Crippen LogP contribution in [0.1, 0.15) is 18.3 Å². The number of aromatic nitrogens is 2. The van der Waals surface area contributed by atoms with Gasteiger partial charge >= 0.3 is 0 Å². The highest BCUT2D eigenvalue weighted by molar-refractivity contribution is 5.75. The quantitative estimate of drug-likeness (QED) is 0.757. The highest BCUT2D eigenvalue weighted by Crippen LogP contribution is 2.04. The molecule has 19 heavy (non-hydrogen) atoms. The van der Waals surface area contributed by atoms with Crippen molar-refractivity contribution in [1.29, 1.82) is 0 Å². The number of nitrogens with zero attached hydrogens (tertiary/aromatic N) is 3. The number of hydrogen-bond acceptors (Lipinski definition) is 4. The average Bonchev–Trinajstić information content (AvgIpc) is 2.53. The lowest BCUT2D eigenvalue weighted by Gasteiger charge is -2.27. The van der Waals surface area contributed by atoms with Crippen molar-refractivity contribution in [2.45, 2.75) is 32.9 Å². The van der Waals surface area contributed by atoms with E-state index in [1.807, 2.05) is 38.9 Å². The molecule has 0 aromatic carbocycles. The minimum absolute atomic E-state index is 0.148. The van der Waals surface area contributed by atoms with Gasteiger partial charge in [0.25, 0.3) is 0 Å². The summed E-state index contributed by atoms with van der Waals surface area (Å²) in [6, 6.07) is 1.93. The minimum atomic E-state index is -0.936. The molecule has 1 unspecified atom stereocenters. The van der Waals surface area contributed by atoms with E-state index >= 15 is 0 Å². The number of aliphatic hydroxyl groups is 1. The number of nitrogens with one attached hydrogen (secondary N) is 1. The summed E-state index contributed by atoms with van der Waals surface area (Å²) in [6.45, 7) is 6.41. The zero-order valence-corrected chi connectivity index (χ0v) is 12.4. The molecule has 0 bridgehead atoms.